The minimum absolute atomic E-state index is 0.111. The SMILES string of the molecule is CCCNC(=O)CCNC(=O)c1cccc(F)c1Br. The Kier molecular flexibility index (Phi) is 6.49. The molecule has 0 aliphatic heterocycles. The molecule has 0 saturated carbocycles. The van der Waals surface area contributed by atoms with Gasteiger partial charge in [0.05, 0.1) is 10.0 Å². The smallest absolute Gasteiger partial charge is 0.252 e. The molecule has 1 aromatic carbocycles. The zero-order valence-corrected chi connectivity index (χ0v) is 12.2. The molecule has 2 amide bonds. The number of benzene rings is 1. The van der Waals surface area contributed by atoms with Gasteiger partial charge >= 0.3 is 0 Å². The summed E-state index contributed by atoms with van der Waals surface area (Å²) >= 11 is 3.02. The highest BCUT2D eigenvalue weighted by Crippen LogP contribution is 2.20. The predicted molar refractivity (Wildman–Crippen MR) is 74.4 cm³/mol. The average Bonchev–Trinajstić information content (AvgIpc) is 2.39. The van der Waals surface area contributed by atoms with E-state index in [-0.39, 0.29) is 28.9 Å². The van der Waals surface area contributed by atoms with Gasteiger partial charge in [0.1, 0.15) is 5.82 Å². The maximum absolute atomic E-state index is 13.2. The van der Waals surface area contributed by atoms with E-state index in [4.69, 9.17) is 0 Å². The lowest BCUT2D eigenvalue weighted by Crippen LogP contribution is -2.31. The first-order valence-electron chi connectivity index (χ1n) is 6.05. The van der Waals surface area contributed by atoms with Gasteiger partial charge in [-0.3, -0.25) is 9.59 Å². The highest BCUT2D eigenvalue weighted by atomic mass is 79.9. The fourth-order valence-corrected chi connectivity index (χ4v) is 1.86. The first kappa shape index (κ1) is 15.6. The summed E-state index contributed by atoms with van der Waals surface area (Å²) in [5.74, 6) is -1.01. The zero-order valence-electron chi connectivity index (χ0n) is 10.6. The van der Waals surface area contributed by atoms with E-state index in [1.54, 1.807) is 0 Å². The highest BCUT2D eigenvalue weighted by molar-refractivity contribution is 9.10. The minimum atomic E-state index is -0.492. The molecule has 0 saturated heterocycles. The third-order valence-corrected chi connectivity index (χ3v) is 3.21. The van der Waals surface area contributed by atoms with Gasteiger partial charge in [0, 0.05) is 19.5 Å². The Morgan fingerprint density at radius 3 is 2.68 bits per heavy atom. The van der Waals surface area contributed by atoms with Crippen LogP contribution in [0.25, 0.3) is 0 Å². The van der Waals surface area contributed by atoms with Gasteiger partial charge in [-0.15, -0.1) is 0 Å². The van der Waals surface area contributed by atoms with Crippen LogP contribution in [-0.4, -0.2) is 24.9 Å². The van der Waals surface area contributed by atoms with Crippen molar-refractivity contribution in [1.29, 1.82) is 0 Å². The van der Waals surface area contributed by atoms with Crippen LogP contribution in [0.4, 0.5) is 4.39 Å². The first-order valence-corrected chi connectivity index (χ1v) is 6.84. The van der Waals surface area contributed by atoms with E-state index < -0.39 is 11.7 Å². The van der Waals surface area contributed by atoms with Gasteiger partial charge in [-0.1, -0.05) is 13.0 Å². The number of halogens is 2. The fraction of sp³-hybridized carbons (Fsp3) is 0.385. The normalized spacial score (nSPS) is 10.1. The van der Waals surface area contributed by atoms with E-state index >= 15 is 0 Å². The summed E-state index contributed by atoms with van der Waals surface area (Å²) in [6, 6.07) is 4.24. The molecule has 0 aromatic heterocycles. The van der Waals surface area contributed by atoms with E-state index in [0.717, 1.165) is 6.42 Å². The van der Waals surface area contributed by atoms with Crippen LogP contribution in [-0.2, 0) is 4.79 Å². The molecular formula is C13H16BrFN2O2. The molecular weight excluding hydrogens is 315 g/mol. The van der Waals surface area contributed by atoms with E-state index in [0.29, 0.717) is 6.54 Å². The molecule has 19 heavy (non-hydrogen) atoms. The number of carbonyl (C=O) groups is 2. The summed E-state index contributed by atoms with van der Waals surface area (Å²) in [4.78, 5) is 23.1. The Labute approximate surface area is 119 Å². The molecule has 0 aliphatic rings. The van der Waals surface area contributed by atoms with Crippen LogP contribution >= 0.6 is 15.9 Å². The lowest BCUT2D eigenvalue weighted by Gasteiger charge is -2.07. The van der Waals surface area contributed by atoms with Crippen molar-refractivity contribution >= 4 is 27.7 Å². The van der Waals surface area contributed by atoms with Crippen LogP contribution in [0, 0.1) is 5.82 Å². The van der Waals surface area contributed by atoms with Crippen LogP contribution in [0.15, 0.2) is 22.7 Å². The molecule has 0 spiro atoms. The van der Waals surface area contributed by atoms with E-state index in [2.05, 4.69) is 26.6 Å². The highest BCUT2D eigenvalue weighted by Gasteiger charge is 2.12. The number of hydrogen-bond donors (Lipinski definition) is 2. The summed E-state index contributed by atoms with van der Waals surface area (Å²) in [6.07, 6.45) is 1.08. The van der Waals surface area contributed by atoms with Gasteiger partial charge < -0.3 is 10.6 Å². The Balaban J connectivity index is 2.43. The summed E-state index contributed by atoms with van der Waals surface area (Å²) in [6.45, 7) is 2.81. The van der Waals surface area contributed by atoms with Gasteiger partial charge in [-0.05, 0) is 34.5 Å². The summed E-state index contributed by atoms with van der Waals surface area (Å²) in [7, 11) is 0. The Morgan fingerprint density at radius 2 is 2.00 bits per heavy atom. The largest absolute Gasteiger partial charge is 0.356 e. The number of carbonyl (C=O) groups excluding carboxylic acids is 2. The molecule has 0 bridgehead atoms. The van der Waals surface area contributed by atoms with Gasteiger partial charge in [0.25, 0.3) is 5.91 Å². The third kappa shape index (κ3) is 4.98. The maximum atomic E-state index is 13.2. The summed E-state index contributed by atoms with van der Waals surface area (Å²) in [5.41, 5.74) is 0.217. The van der Waals surface area contributed by atoms with Crippen LogP contribution in [0.2, 0.25) is 0 Å². The van der Waals surface area contributed by atoms with Gasteiger partial charge in [-0.25, -0.2) is 4.39 Å². The first-order chi connectivity index (χ1) is 9.06. The van der Waals surface area contributed by atoms with Crippen molar-refractivity contribution in [3.05, 3.63) is 34.1 Å². The molecule has 104 valence electrons. The molecule has 6 heteroatoms. The Bertz CT molecular complexity index is 466. The van der Waals surface area contributed by atoms with Crippen LogP contribution < -0.4 is 10.6 Å². The molecule has 0 fully saturated rings. The quantitative estimate of drug-likeness (QED) is 0.840. The van der Waals surface area contributed by atoms with E-state index in [1.165, 1.54) is 18.2 Å². The molecule has 0 atom stereocenters. The average molecular weight is 331 g/mol. The summed E-state index contributed by atoms with van der Waals surface area (Å²) < 4.78 is 13.4. The molecule has 0 unspecified atom stereocenters. The fourth-order valence-electron chi connectivity index (χ4n) is 1.42. The van der Waals surface area contributed by atoms with Crippen LogP contribution in [0.1, 0.15) is 30.1 Å². The molecule has 4 nitrogen and oxygen atoms in total. The predicted octanol–water partition coefficient (Wildman–Crippen LogP) is 2.23. The number of rotatable bonds is 6. The van der Waals surface area contributed by atoms with Crippen molar-refractivity contribution in [3.8, 4) is 0 Å². The topological polar surface area (TPSA) is 58.2 Å². The van der Waals surface area contributed by atoms with E-state index in [9.17, 15) is 14.0 Å². The molecule has 1 aromatic rings. The second kappa shape index (κ2) is 7.89. The monoisotopic (exact) mass is 330 g/mol. The molecule has 0 radical (unpaired) electrons. The zero-order chi connectivity index (χ0) is 14.3. The van der Waals surface area contributed by atoms with E-state index in [1.807, 2.05) is 6.92 Å². The summed E-state index contributed by atoms with van der Waals surface area (Å²) in [5, 5.41) is 5.28. The number of nitrogens with one attached hydrogen (secondary N) is 2. The lowest BCUT2D eigenvalue weighted by atomic mass is 10.2. The van der Waals surface area contributed by atoms with Gasteiger partial charge in [0.2, 0.25) is 5.91 Å². The van der Waals surface area contributed by atoms with Crippen LogP contribution in [0.5, 0.6) is 0 Å². The Hall–Kier alpha value is -1.43. The van der Waals surface area contributed by atoms with Crippen molar-refractivity contribution in [2.24, 2.45) is 0 Å². The number of hydrogen-bond acceptors (Lipinski definition) is 2. The number of amides is 2. The van der Waals surface area contributed by atoms with Crippen LogP contribution in [0.3, 0.4) is 0 Å². The molecule has 2 N–H and O–H groups in total. The molecule has 1 rings (SSSR count). The van der Waals surface area contributed by atoms with Crippen molar-refractivity contribution in [2.75, 3.05) is 13.1 Å². The van der Waals surface area contributed by atoms with Crippen molar-refractivity contribution in [1.82, 2.24) is 10.6 Å². The second-order valence-electron chi connectivity index (χ2n) is 3.96. The van der Waals surface area contributed by atoms with Crippen molar-refractivity contribution in [2.45, 2.75) is 19.8 Å². The standard InChI is InChI=1S/C13H16BrFN2O2/c1-2-7-16-11(18)6-8-17-13(19)9-4-3-5-10(15)12(9)14/h3-5H,2,6-8H2,1H3,(H,16,18)(H,17,19). The Morgan fingerprint density at radius 1 is 1.26 bits per heavy atom. The van der Waals surface area contributed by atoms with Crippen molar-refractivity contribution < 1.29 is 14.0 Å². The third-order valence-electron chi connectivity index (χ3n) is 2.41. The molecule has 0 heterocycles. The van der Waals surface area contributed by atoms with Crippen molar-refractivity contribution in [3.63, 3.8) is 0 Å². The minimum Gasteiger partial charge on any atom is -0.356 e. The lowest BCUT2D eigenvalue weighted by molar-refractivity contribution is -0.120. The van der Waals surface area contributed by atoms with Gasteiger partial charge in [-0.2, -0.15) is 0 Å². The maximum Gasteiger partial charge on any atom is 0.252 e. The van der Waals surface area contributed by atoms with Gasteiger partial charge in [0.15, 0.2) is 0 Å². The molecule has 0 aliphatic carbocycles. The second-order valence-corrected chi connectivity index (χ2v) is 4.75.